The predicted octanol–water partition coefficient (Wildman–Crippen LogP) is 4.12. The second kappa shape index (κ2) is 4.41. The van der Waals surface area contributed by atoms with Crippen molar-refractivity contribution in [3.8, 4) is 0 Å². The number of halogens is 2. The van der Waals surface area contributed by atoms with E-state index in [2.05, 4.69) is 17.2 Å². The van der Waals surface area contributed by atoms with E-state index in [1.54, 1.807) is 12.1 Å². The Labute approximate surface area is 115 Å². The average molecular weight is 285 g/mol. The van der Waals surface area contributed by atoms with Gasteiger partial charge in [0.2, 0.25) is 5.89 Å². The van der Waals surface area contributed by atoms with Crippen LogP contribution in [0, 0.1) is 0 Å². The monoisotopic (exact) mass is 284 g/mol. The molecule has 96 valence electrons. The maximum Gasteiger partial charge on any atom is 0.215 e. The molecule has 5 heteroatoms. The lowest BCUT2D eigenvalue weighted by molar-refractivity contribution is 0.292. The average Bonchev–Trinajstić information content (AvgIpc) is 2.94. The van der Waals surface area contributed by atoms with E-state index < -0.39 is 0 Å². The van der Waals surface area contributed by atoms with E-state index in [0.29, 0.717) is 15.6 Å². The first-order chi connectivity index (χ1) is 8.64. The van der Waals surface area contributed by atoms with Crippen molar-refractivity contribution < 1.29 is 4.42 Å². The molecule has 0 radical (unpaired) electrons. The molecule has 0 amide bonds. The van der Waals surface area contributed by atoms with E-state index >= 15 is 0 Å². The van der Waals surface area contributed by atoms with Crippen LogP contribution in [0.1, 0.15) is 32.1 Å². The van der Waals surface area contributed by atoms with Crippen LogP contribution in [0.2, 0.25) is 10.0 Å². The minimum Gasteiger partial charge on any atom is -0.437 e. The van der Waals surface area contributed by atoms with Crippen LogP contribution in [0.5, 0.6) is 0 Å². The summed E-state index contributed by atoms with van der Waals surface area (Å²) in [6.45, 7) is 3.14. The van der Waals surface area contributed by atoms with Crippen LogP contribution in [0.15, 0.2) is 16.5 Å². The van der Waals surface area contributed by atoms with E-state index in [0.717, 1.165) is 37.2 Å². The lowest BCUT2D eigenvalue weighted by Crippen LogP contribution is -2.36. The number of nitrogens with zero attached hydrogens (tertiary/aromatic N) is 1. The highest BCUT2D eigenvalue weighted by Crippen LogP contribution is 2.37. The lowest BCUT2D eigenvalue weighted by atomic mass is 9.94. The van der Waals surface area contributed by atoms with Gasteiger partial charge < -0.3 is 9.73 Å². The van der Waals surface area contributed by atoms with Gasteiger partial charge in [-0.2, -0.15) is 0 Å². The molecule has 0 saturated carbocycles. The van der Waals surface area contributed by atoms with Crippen LogP contribution >= 0.6 is 23.2 Å². The smallest absolute Gasteiger partial charge is 0.215 e. The van der Waals surface area contributed by atoms with Crippen LogP contribution in [0.4, 0.5) is 0 Å². The normalized spacial score (nSPS) is 23.9. The van der Waals surface area contributed by atoms with Gasteiger partial charge in [0, 0.05) is 5.02 Å². The highest BCUT2D eigenvalue weighted by molar-refractivity contribution is 6.37. The third-order valence-corrected chi connectivity index (χ3v) is 4.17. The molecule has 1 N–H and O–H groups in total. The SMILES string of the molecule is CCC1(c2nc3cc(Cl)cc(Cl)c3o2)CCCN1. The molecule has 1 saturated heterocycles. The van der Waals surface area contributed by atoms with E-state index in [1.165, 1.54) is 0 Å². The summed E-state index contributed by atoms with van der Waals surface area (Å²) < 4.78 is 5.87. The lowest BCUT2D eigenvalue weighted by Gasteiger charge is -2.23. The fraction of sp³-hybridized carbons (Fsp3) is 0.462. The Morgan fingerprint density at radius 2 is 2.28 bits per heavy atom. The summed E-state index contributed by atoms with van der Waals surface area (Å²) in [5.74, 6) is 0.724. The number of aromatic nitrogens is 1. The van der Waals surface area contributed by atoms with Gasteiger partial charge in [0.25, 0.3) is 0 Å². The highest BCUT2D eigenvalue weighted by atomic mass is 35.5. The topological polar surface area (TPSA) is 38.1 Å². The molecule has 18 heavy (non-hydrogen) atoms. The van der Waals surface area contributed by atoms with E-state index in [1.807, 2.05) is 0 Å². The zero-order valence-corrected chi connectivity index (χ0v) is 11.6. The summed E-state index contributed by atoms with van der Waals surface area (Å²) >= 11 is 12.1. The van der Waals surface area contributed by atoms with Gasteiger partial charge in [-0.05, 0) is 37.9 Å². The molecule has 1 fully saturated rings. The molecule has 2 aromatic rings. The van der Waals surface area contributed by atoms with Crippen LogP contribution < -0.4 is 5.32 Å². The van der Waals surface area contributed by atoms with Crippen LogP contribution in [-0.2, 0) is 5.54 Å². The largest absolute Gasteiger partial charge is 0.437 e. The number of rotatable bonds is 2. The first kappa shape index (κ1) is 12.3. The van der Waals surface area contributed by atoms with Crippen molar-refractivity contribution >= 4 is 34.3 Å². The Hall–Kier alpha value is -0.770. The molecule has 1 unspecified atom stereocenters. The van der Waals surface area contributed by atoms with Crippen LogP contribution in [-0.4, -0.2) is 11.5 Å². The van der Waals surface area contributed by atoms with Gasteiger partial charge in [0.15, 0.2) is 5.58 Å². The number of oxazole rings is 1. The van der Waals surface area contributed by atoms with Gasteiger partial charge in [0.1, 0.15) is 5.52 Å². The minimum atomic E-state index is -0.144. The highest BCUT2D eigenvalue weighted by Gasteiger charge is 2.38. The fourth-order valence-electron chi connectivity index (χ4n) is 2.61. The van der Waals surface area contributed by atoms with Gasteiger partial charge in [-0.3, -0.25) is 0 Å². The zero-order chi connectivity index (χ0) is 12.8. The molecule has 3 nitrogen and oxygen atoms in total. The van der Waals surface area contributed by atoms with Gasteiger partial charge in [-0.1, -0.05) is 30.1 Å². The summed E-state index contributed by atoms with van der Waals surface area (Å²) in [4.78, 5) is 4.56. The molecule has 1 atom stereocenters. The fourth-order valence-corrected chi connectivity index (χ4v) is 3.13. The first-order valence-electron chi connectivity index (χ1n) is 6.16. The third kappa shape index (κ3) is 1.81. The van der Waals surface area contributed by atoms with Crippen LogP contribution in [0.25, 0.3) is 11.1 Å². The molecule has 1 aliphatic rings. The van der Waals surface area contributed by atoms with Crippen LogP contribution in [0.3, 0.4) is 0 Å². The van der Waals surface area contributed by atoms with E-state index in [-0.39, 0.29) is 5.54 Å². The standard InChI is InChI=1S/C13H14Cl2N2O/c1-2-13(4-3-5-16-13)12-17-10-7-8(14)6-9(15)11(10)18-12/h6-7,16H,2-5H2,1H3. The molecule has 2 heterocycles. The van der Waals surface area contributed by atoms with Gasteiger partial charge in [-0.15, -0.1) is 0 Å². The number of hydrogen-bond donors (Lipinski definition) is 1. The Balaban J connectivity index is 2.16. The molecule has 0 spiro atoms. The number of benzene rings is 1. The third-order valence-electron chi connectivity index (χ3n) is 3.67. The minimum absolute atomic E-state index is 0.144. The van der Waals surface area contributed by atoms with E-state index in [9.17, 15) is 0 Å². The number of nitrogens with one attached hydrogen (secondary N) is 1. The van der Waals surface area contributed by atoms with Crippen molar-refractivity contribution in [2.75, 3.05) is 6.54 Å². The van der Waals surface area contributed by atoms with Crippen molar-refractivity contribution in [3.63, 3.8) is 0 Å². The zero-order valence-electron chi connectivity index (χ0n) is 10.1. The molecule has 0 aliphatic carbocycles. The van der Waals surface area contributed by atoms with Crippen molar-refractivity contribution in [1.29, 1.82) is 0 Å². The van der Waals surface area contributed by atoms with Gasteiger partial charge in [-0.25, -0.2) is 4.98 Å². The molecular weight excluding hydrogens is 271 g/mol. The predicted molar refractivity (Wildman–Crippen MR) is 73.2 cm³/mol. The maximum absolute atomic E-state index is 6.13. The number of fused-ring (bicyclic) bond motifs is 1. The molecule has 1 aromatic carbocycles. The first-order valence-corrected chi connectivity index (χ1v) is 6.91. The summed E-state index contributed by atoms with van der Waals surface area (Å²) in [5, 5.41) is 4.59. The summed E-state index contributed by atoms with van der Waals surface area (Å²) in [6.07, 6.45) is 3.13. The molecule has 1 aromatic heterocycles. The Kier molecular flexibility index (Phi) is 3.00. The van der Waals surface area contributed by atoms with E-state index in [4.69, 9.17) is 27.6 Å². The van der Waals surface area contributed by atoms with Crippen molar-refractivity contribution in [2.24, 2.45) is 0 Å². The Morgan fingerprint density at radius 1 is 1.44 bits per heavy atom. The summed E-state index contributed by atoms with van der Waals surface area (Å²) in [5.41, 5.74) is 1.20. The van der Waals surface area contributed by atoms with Crippen molar-refractivity contribution in [3.05, 3.63) is 28.1 Å². The molecule has 0 bridgehead atoms. The van der Waals surface area contributed by atoms with Crippen molar-refractivity contribution in [1.82, 2.24) is 10.3 Å². The number of hydrogen-bond acceptors (Lipinski definition) is 3. The van der Waals surface area contributed by atoms with Crippen molar-refractivity contribution in [2.45, 2.75) is 31.7 Å². The molecular formula is C13H14Cl2N2O. The second-order valence-electron chi connectivity index (χ2n) is 4.72. The Bertz CT molecular complexity index is 588. The van der Waals surface area contributed by atoms with Gasteiger partial charge in [0.05, 0.1) is 10.6 Å². The molecule has 3 rings (SSSR count). The summed E-state index contributed by atoms with van der Waals surface area (Å²) in [6, 6.07) is 3.47. The second-order valence-corrected chi connectivity index (χ2v) is 5.56. The maximum atomic E-state index is 6.13. The quantitative estimate of drug-likeness (QED) is 0.901. The van der Waals surface area contributed by atoms with Gasteiger partial charge >= 0.3 is 0 Å². The Morgan fingerprint density at radius 3 is 2.94 bits per heavy atom. The summed E-state index contributed by atoms with van der Waals surface area (Å²) in [7, 11) is 0. The molecule has 1 aliphatic heterocycles.